The van der Waals surface area contributed by atoms with Crippen LogP contribution in [0.1, 0.15) is 40.0 Å². The van der Waals surface area contributed by atoms with E-state index in [0.29, 0.717) is 6.42 Å². The fraction of sp³-hybridized carbons (Fsp3) is 0.611. The molecule has 0 aliphatic heterocycles. The van der Waals surface area contributed by atoms with Crippen LogP contribution in [0.25, 0.3) is 0 Å². The van der Waals surface area contributed by atoms with E-state index in [2.05, 4.69) is 23.3 Å². The first-order valence-corrected chi connectivity index (χ1v) is 10.4. The number of nitrogens with two attached hydrogens (primary N) is 1. The third-order valence-electron chi connectivity index (χ3n) is 3.74. The highest BCUT2D eigenvalue weighted by Crippen LogP contribution is 2.28. The van der Waals surface area contributed by atoms with Crippen LogP contribution in [0.2, 0.25) is 0 Å². The molecule has 10 nitrogen and oxygen atoms in total. The summed E-state index contributed by atoms with van der Waals surface area (Å²) < 4.78 is 41.7. The topological polar surface area (TPSA) is 148 Å². The summed E-state index contributed by atoms with van der Waals surface area (Å²) in [5.41, 5.74) is -1.20. The molecule has 0 aliphatic rings. The van der Waals surface area contributed by atoms with E-state index in [1.165, 1.54) is 13.8 Å². The molecule has 0 aromatic carbocycles. The molecule has 0 aliphatic carbocycles. The Balaban J connectivity index is 5.33. The van der Waals surface area contributed by atoms with Crippen LogP contribution in [0.5, 0.6) is 0 Å². The Hall–Kier alpha value is -2.24. The second-order valence-electron chi connectivity index (χ2n) is 6.59. The molecule has 2 N–H and O–H groups in total. The summed E-state index contributed by atoms with van der Waals surface area (Å²) in [6.07, 6.45) is 0.604. The number of ether oxygens (including phenoxy) is 3. The summed E-state index contributed by atoms with van der Waals surface area (Å²) in [4.78, 5) is 36.3. The van der Waals surface area contributed by atoms with E-state index in [4.69, 9.17) is 14.2 Å². The molecule has 0 aromatic rings. The molecule has 29 heavy (non-hydrogen) atoms. The van der Waals surface area contributed by atoms with E-state index < -0.39 is 52.4 Å². The lowest BCUT2D eigenvalue weighted by atomic mass is 9.85. The largest absolute Gasteiger partial charge is 0.465 e. The Morgan fingerprint density at radius 1 is 0.966 bits per heavy atom. The maximum atomic E-state index is 12.8. The number of carbonyl (C=O) groups is 3. The summed E-state index contributed by atoms with van der Waals surface area (Å²) in [6.45, 7) is 10.6. The first-order chi connectivity index (χ1) is 13.4. The van der Waals surface area contributed by atoms with Crippen molar-refractivity contribution in [2.45, 2.75) is 40.0 Å². The monoisotopic (exact) mass is 435 g/mol. The van der Waals surface area contributed by atoms with Gasteiger partial charge in [0.25, 0.3) is 10.1 Å². The van der Waals surface area contributed by atoms with Crippen LogP contribution >= 0.6 is 0 Å². The standard InChI is InChI=1S/C18H29NO9S/c1-6-8-18(11-26-15(20)13(2)3,12-27-16(21)14(4)5)17(22)25-9-7-10-29(23,24)28-19/h2,4,6-12,19H2,1,3,5H3. The van der Waals surface area contributed by atoms with Gasteiger partial charge in [-0.05, 0) is 26.7 Å². The molecule has 0 saturated carbocycles. The molecule has 11 heteroatoms. The van der Waals surface area contributed by atoms with Crippen LogP contribution in [-0.2, 0) is 43.0 Å². The number of hydrogen-bond donors (Lipinski definition) is 1. The van der Waals surface area contributed by atoms with Crippen LogP contribution in [0.15, 0.2) is 24.3 Å². The minimum atomic E-state index is -3.90. The van der Waals surface area contributed by atoms with Crippen molar-refractivity contribution < 1.29 is 41.3 Å². The molecule has 0 spiro atoms. The van der Waals surface area contributed by atoms with E-state index >= 15 is 0 Å². The van der Waals surface area contributed by atoms with Gasteiger partial charge in [-0.15, -0.1) is 0 Å². The average molecular weight is 435 g/mol. The van der Waals surface area contributed by atoms with E-state index in [9.17, 15) is 22.8 Å². The lowest BCUT2D eigenvalue weighted by Gasteiger charge is -2.30. The summed E-state index contributed by atoms with van der Waals surface area (Å²) in [5, 5.41) is 0. The minimum absolute atomic E-state index is 0.0649. The number of rotatable bonds is 14. The first kappa shape index (κ1) is 26.8. The summed E-state index contributed by atoms with van der Waals surface area (Å²) in [6, 6.07) is 0. The van der Waals surface area contributed by atoms with Crippen LogP contribution in [0, 0.1) is 5.41 Å². The molecule has 0 atom stereocenters. The highest BCUT2D eigenvalue weighted by Gasteiger charge is 2.42. The predicted octanol–water partition coefficient (Wildman–Crippen LogP) is 1.16. The molecule has 0 aromatic heterocycles. The third kappa shape index (κ3) is 9.68. The van der Waals surface area contributed by atoms with Gasteiger partial charge in [-0.2, -0.15) is 18.6 Å². The number of esters is 3. The van der Waals surface area contributed by atoms with Crippen LogP contribution < -0.4 is 5.90 Å². The van der Waals surface area contributed by atoms with Gasteiger partial charge in [0.15, 0.2) is 0 Å². The maximum absolute atomic E-state index is 12.8. The van der Waals surface area contributed by atoms with Crippen LogP contribution in [0.3, 0.4) is 0 Å². The van der Waals surface area contributed by atoms with Crippen molar-refractivity contribution in [3.05, 3.63) is 24.3 Å². The highest BCUT2D eigenvalue weighted by molar-refractivity contribution is 7.86. The molecular weight excluding hydrogens is 406 g/mol. The molecule has 0 bridgehead atoms. The van der Waals surface area contributed by atoms with E-state index in [1.54, 1.807) is 6.92 Å². The average Bonchev–Trinajstić information content (AvgIpc) is 2.66. The van der Waals surface area contributed by atoms with Gasteiger partial charge in [0.05, 0.1) is 12.4 Å². The quantitative estimate of drug-likeness (QED) is 0.138. The van der Waals surface area contributed by atoms with Gasteiger partial charge in [-0.1, -0.05) is 26.5 Å². The van der Waals surface area contributed by atoms with Crippen LogP contribution in [0.4, 0.5) is 0 Å². The number of carbonyl (C=O) groups excluding carboxylic acids is 3. The van der Waals surface area contributed by atoms with Gasteiger partial charge >= 0.3 is 17.9 Å². The molecule has 0 saturated heterocycles. The Morgan fingerprint density at radius 3 is 1.83 bits per heavy atom. The Labute approximate surface area is 171 Å². The van der Waals surface area contributed by atoms with E-state index in [1.807, 2.05) is 0 Å². The third-order valence-corrected chi connectivity index (χ3v) is 4.82. The summed E-state index contributed by atoms with van der Waals surface area (Å²) in [5.74, 6) is 1.96. The lowest BCUT2D eigenvalue weighted by Crippen LogP contribution is -2.43. The predicted molar refractivity (Wildman–Crippen MR) is 104 cm³/mol. The smallest absolute Gasteiger partial charge is 0.333 e. The SMILES string of the molecule is C=C(C)C(=O)OCC(CCC)(COC(=O)C(=C)C)C(=O)OCCCS(=O)(=O)ON. The Morgan fingerprint density at radius 2 is 1.45 bits per heavy atom. The zero-order valence-electron chi connectivity index (χ0n) is 17.0. The van der Waals surface area contributed by atoms with Gasteiger partial charge in [-0.25, -0.2) is 9.59 Å². The van der Waals surface area contributed by atoms with Crippen LogP contribution in [-0.4, -0.2) is 51.9 Å². The maximum Gasteiger partial charge on any atom is 0.333 e. The molecule has 166 valence electrons. The highest BCUT2D eigenvalue weighted by atomic mass is 32.2. The summed E-state index contributed by atoms with van der Waals surface area (Å²) >= 11 is 0. The molecular formula is C18H29NO9S. The van der Waals surface area contributed by atoms with Gasteiger partial charge in [0, 0.05) is 11.1 Å². The van der Waals surface area contributed by atoms with E-state index in [-0.39, 0.29) is 30.6 Å². The molecule has 0 rings (SSSR count). The van der Waals surface area contributed by atoms with Crippen molar-refractivity contribution in [1.29, 1.82) is 0 Å². The fourth-order valence-electron chi connectivity index (χ4n) is 2.14. The van der Waals surface area contributed by atoms with Crippen molar-refractivity contribution in [2.75, 3.05) is 25.6 Å². The fourth-order valence-corrected chi connectivity index (χ4v) is 2.71. The lowest BCUT2D eigenvalue weighted by molar-refractivity contribution is -0.170. The second-order valence-corrected chi connectivity index (χ2v) is 8.31. The van der Waals surface area contributed by atoms with Gasteiger partial charge in [0.2, 0.25) is 0 Å². The zero-order valence-corrected chi connectivity index (χ0v) is 17.8. The molecule has 0 amide bonds. The van der Waals surface area contributed by atoms with Gasteiger partial charge in [0.1, 0.15) is 18.6 Å². The van der Waals surface area contributed by atoms with Gasteiger partial charge < -0.3 is 14.2 Å². The van der Waals surface area contributed by atoms with Crippen molar-refractivity contribution in [1.82, 2.24) is 0 Å². The van der Waals surface area contributed by atoms with E-state index in [0.717, 1.165) is 0 Å². The Bertz CT molecular complexity index is 698. The summed E-state index contributed by atoms with van der Waals surface area (Å²) in [7, 11) is -3.90. The normalized spacial score (nSPS) is 11.4. The molecule has 0 unspecified atom stereocenters. The van der Waals surface area contributed by atoms with Crippen molar-refractivity contribution in [3.8, 4) is 0 Å². The Kier molecular flexibility index (Phi) is 11.4. The minimum Gasteiger partial charge on any atom is -0.465 e. The zero-order chi connectivity index (χ0) is 22.7. The molecule has 0 heterocycles. The first-order valence-electron chi connectivity index (χ1n) is 8.84. The van der Waals surface area contributed by atoms with Crippen molar-refractivity contribution in [3.63, 3.8) is 0 Å². The number of hydrogen-bond acceptors (Lipinski definition) is 10. The molecule has 0 fully saturated rings. The van der Waals surface area contributed by atoms with Crippen molar-refractivity contribution in [2.24, 2.45) is 11.3 Å². The van der Waals surface area contributed by atoms with Crippen molar-refractivity contribution >= 4 is 28.0 Å². The van der Waals surface area contributed by atoms with Gasteiger partial charge in [-0.3, -0.25) is 4.79 Å². The second kappa shape index (κ2) is 12.3. The molecule has 0 radical (unpaired) electrons.